The third-order valence-electron chi connectivity index (χ3n) is 4.27. The molecule has 25 heavy (non-hydrogen) atoms. The first-order valence-electron chi connectivity index (χ1n) is 8.25. The Kier molecular flexibility index (Phi) is 4.28. The first-order chi connectivity index (χ1) is 12.3. The molecule has 0 saturated carbocycles. The molecule has 0 N–H and O–H groups in total. The lowest BCUT2D eigenvalue weighted by atomic mass is 10.1. The van der Waals surface area contributed by atoms with Gasteiger partial charge in [0.05, 0.1) is 0 Å². The Balaban J connectivity index is 1.39. The van der Waals surface area contributed by atoms with Crippen molar-refractivity contribution in [2.75, 3.05) is 18.0 Å². The van der Waals surface area contributed by atoms with Gasteiger partial charge in [-0.15, -0.1) is 0 Å². The van der Waals surface area contributed by atoms with Crippen LogP contribution < -0.4 is 9.64 Å². The normalized spacial score (nSPS) is 15.3. The monoisotopic (exact) mass is 339 g/mol. The Bertz CT molecular complexity index is 831. The maximum atomic E-state index is 13.3. The van der Waals surface area contributed by atoms with Gasteiger partial charge in [0.15, 0.2) is 0 Å². The highest BCUT2D eigenvalue weighted by Gasteiger charge is 2.22. The van der Waals surface area contributed by atoms with Crippen molar-refractivity contribution in [1.29, 1.82) is 0 Å². The van der Waals surface area contributed by atoms with Crippen LogP contribution in [-0.2, 0) is 0 Å². The lowest BCUT2D eigenvalue weighted by molar-refractivity contribution is 0.170. The quantitative estimate of drug-likeness (QED) is 0.732. The number of hydrogen-bond acceptors (Lipinski definition) is 5. The van der Waals surface area contributed by atoms with Crippen LogP contribution in [0.25, 0.3) is 5.82 Å². The zero-order valence-electron chi connectivity index (χ0n) is 13.6. The summed E-state index contributed by atoms with van der Waals surface area (Å²) in [6, 6.07) is 8.25. The lowest BCUT2D eigenvalue weighted by Crippen LogP contribution is -2.38. The van der Waals surface area contributed by atoms with Crippen molar-refractivity contribution in [3.63, 3.8) is 0 Å². The number of benzene rings is 1. The van der Waals surface area contributed by atoms with Gasteiger partial charge in [-0.05, 0) is 12.1 Å². The summed E-state index contributed by atoms with van der Waals surface area (Å²) in [5.41, 5.74) is 0. The predicted octanol–water partition coefficient (Wildman–Crippen LogP) is 2.85. The fourth-order valence-electron chi connectivity index (χ4n) is 2.98. The van der Waals surface area contributed by atoms with E-state index in [-0.39, 0.29) is 11.9 Å². The molecule has 128 valence electrons. The lowest BCUT2D eigenvalue weighted by Gasteiger charge is -2.33. The summed E-state index contributed by atoms with van der Waals surface area (Å²) in [6.45, 7) is 1.67. The molecule has 0 unspecified atom stereocenters. The van der Waals surface area contributed by atoms with Gasteiger partial charge in [0.1, 0.15) is 42.0 Å². The third kappa shape index (κ3) is 3.60. The van der Waals surface area contributed by atoms with Crippen LogP contribution in [0.4, 0.5) is 10.2 Å². The van der Waals surface area contributed by atoms with Gasteiger partial charge in [-0.2, -0.15) is 0 Å². The molecule has 0 radical (unpaired) electrons. The Morgan fingerprint density at radius 1 is 1.08 bits per heavy atom. The Morgan fingerprint density at radius 3 is 2.68 bits per heavy atom. The molecule has 3 aromatic rings. The zero-order chi connectivity index (χ0) is 17.1. The molecule has 0 aliphatic carbocycles. The van der Waals surface area contributed by atoms with Gasteiger partial charge in [-0.3, -0.25) is 4.57 Å². The molecule has 2 aromatic heterocycles. The molecular weight excluding hydrogens is 321 g/mol. The maximum Gasteiger partial charge on any atom is 0.143 e. The maximum absolute atomic E-state index is 13.3. The molecule has 1 aromatic carbocycles. The van der Waals surface area contributed by atoms with Crippen LogP contribution in [0.2, 0.25) is 0 Å². The molecule has 1 aliphatic rings. The molecule has 0 atom stereocenters. The molecule has 0 spiro atoms. The summed E-state index contributed by atoms with van der Waals surface area (Å²) >= 11 is 0. The van der Waals surface area contributed by atoms with Crippen LogP contribution in [-0.4, -0.2) is 38.7 Å². The summed E-state index contributed by atoms with van der Waals surface area (Å²) in [7, 11) is 0. The highest BCUT2D eigenvalue weighted by molar-refractivity contribution is 5.43. The van der Waals surface area contributed by atoms with Crippen molar-refractivity contribution in [3.05, 3.63) is 61.2 Å². The van der Waals surface area contributed by atoms with E-state index in [4.69, 9.17) is 4.74 Å². The van der Waals surface area contributed by atoms with Crippen molar-refractivity contribution in [2.24, 2.45) is 0 Å². The standard InChI is InChI=1S/C18H18FN5O/c19-14-2-1-3-16(10-14)25-15-4-7-23(8-5-15)17-11-18(22-12-21-17)24-9-6-20-13-24/h1-3,6,9-13,15H,4-5,7-8H2. The first-order valence-corrected chi connectivity index (χ1v) is 8.25. The van der Waals surface area contributed by atoms with E-state index in [0.717, 1.165) is 37.6 Å². The van der Waals surface area contributed by atoms with Crippen molar-refractivity contribution in [3.8, 4) is 11.6 Å². The fraction of sp³-hybridized carbons (Fsp3) is 0.278. The van der Waals surface area contributed by atoms with Gasteiger partial charge in [0.2, 0.25) is 0 Å². The van der Waals surface area contributed by atoms with E-state index in [2.05, 4.69) is 19.9 Å². The van der Waals surface area contributed by atoms with E-state index in [1.54, 1.807) is 31.0 Å². The fourth-order valence-corrected chi connectivity index (χ4v) is 2.98. The minimum absolute atomic E-state index is 0.0907. The minimum Gasteiger partial charge on any atom is -0.490 e. The first kappa shape index (κ1) is 15.6. The van der Waals surface area contributed by atoms with Gasteiger partial charge in [-0.1, -0.05) is 6.07 Å². The van der Waals surface area contributed by atoms with E-state index in [1.807, 2.05) is 16.8 Å². The third-order valence-corrected chi connectivity index (χ3v) is 4.27. The van der Waals surface area contributed by atoms with E-state index >= 15 is 0 Å². The van der Waals surface area contributed by atoms with Gasteiger partial charge in [0.25, 0.3) is 0 Å². The molecule has 7 heteroatoms. The summed E-state index contributed by atoms with van der Waals surface area (Å²) in [6.07, 6.45) is 8.67. The molecule has 0 bridgehead atoms. The molecule has 4 rings (SSSR count). The molecular formula is C18H18FN5O. The Labute approximate surface area is 144 Å². The van der Waals surface area contributed by atoms with Crippen molar-refractivity contribution in [2.45, 2.75) is 18.9 Å². The second-order valence-corrected chi connectivity index (χ2v) is 5.97. The summed E-state index contributed by atoms with van der Waals surface area (Å²) in [5, 5.41) is 0. The zero-order valence-corrected chi connectivity index (χ0v) is 13.6. The SMILES string of the molecule is Fc1cccc(OC2CCN(c3cc(-n4ccnc4)ncn3)CC2)c1. The average molecular weight is 339 g/mol. The van der Waals surface area contributed by atoms with E-state index in [1.165, 1.54) is 12.1 Å². The number of imidazole rings is 1. The number of piperidine rings is 1. The van der Waals surface area contributed by atoms with Crippen LogP contribution >= 0.6 is 0 Å². The molecule has 1 fully saturated rings. The van der Waals surface area contributed by atoms with E-state index in [9.17, 15) is 4.39 Å². The van der Waals surface area contributed by atoms with Crippen LogP contribution in [0, 0.1) is 5.82 Å². The number of halogens is 1. The van der Waals surface area contributed by atoms with Gasteiger partial charge in [0, 0.05) is 50.5 Å². The second kappa shape index (κ2) is 6.88. The van der Waals surface area contributed by atoms with Crippen LogP contribution in [0.1, 0.15) is 12.8 Å². The van der Waals surface area contributed by atoms with Gasteiger partial charge < -0.3 is 9.64 Å². The molecule has 6 nitrogen and oxygen atoms in total. The molecule has 1 aliphatic heterocycles. The summed E-state index contributed by atoms with van der Waals surface area (Å²) in [4.78, 5) is 14.9. The summed E-state index contributed by atoms with van der Waals surface area (Å²) < 4.78 is 21.0. The number of ether oxygens (including phenoxy) is 1. The van der Waals surface area contributed by atoms with Crippen molar-refractivity contribution >= 4 is 5.82 Å². The van der Waals surface area contributed by atoms with Crippen molar-refractivity contribution < 1.29 is 9.13 Å². The van der Waals surface area contributed by atoms with E-state index in [0.29, 0.717) is 5.75 Å². The van der Waals surface area contributed by atoms with Gasteiger partial charge >= 0.3 is 0 Å². The minimum atomic E-state index is -0.275. The van der Waals surface area contributed by atoms with Crippen LogP contribution in [0.5, 0.6) is 5.75 Å². The largest absolute Gasteiger partial charge is 0.490 e. The highest BCUT2D eigenvalue weighted by Crippen LogP contribution is 2.23. The van der Waals surface area contributed by atoms with E-state index < -0.39 is 0 Å². The Morgan fingerprint density at radius 2 is 1.92 bits per heavy atom. The van der Waals surface area contributed by atoms with Crippen molar-refractivity contribution in [1.82, 2.24) is 19.5 Å². The van der Waals surface area contributed by atoms with Gasteiger partial charge in [-0.25, -0.2) is 19.3 Å². The predicted molar refractivity (Wildman–Crippen MR) is 91.4 cm³/mol. The number of hydrogen-bond donors (Lipinski definition) is 0. The highest BCUT2D eigenvalue weighted by atomic mass is 19.1. The smallest absolute Gasteiger partial charge is 0.143 e. The summed E-state index contributed by atoms with van der Waals surface area (Å²) in [5.74, 6) is 1.99. The molecule has 1 saturated heterocycles. The number of rotatable bonds is 4. The van der Waals surface area contributed by atoms with Crippen LogP contribution in [0.15, 0.2) is 55.4 Å². The number of nitrogens with zero attached hydrogens (tertiary/aromatic N) is 5. The average Bonchev–Trinajstić information content (AvgIpc) is 3.17. The molecule has 3 heterocycles. The topological polar surface area (TPSA) is 56.1 Å². The molecule has 0 amide bonds. The second-order valence-electron chi connectivity index (χ2n) is 5.97. The number of aromatic nitrogens is 4. The number of anilines is 1. The Hall–Kier alpha value is -2.96. The van der Waals surface area contributed by atoms with Crippen LogP contribution in [0.3, 0.4) is 0 Å².